The average Bonchev–Trinajstić information content (AvgIpc) is 2.86. The van der Waals surface area contributed by atoms with Gasteiger partial charge in [0.15, 0.2) is 5.78 Å². The Hall–Kier alpha value is -2.37. The molecule has 6 heteroatoms. The molecule has 1 aliphatic carbocycles. The summed E-state index contributed by atoms with van der Waals surface area (Å²) in [5, 5.41) is 2.84. The molecule has 1 N–H and O–H groups in total. The summed E-state index contributed by atoms with van der Waals surface area (Å²) in [6.07, 6.45) is 5.20. The van der Waals surface area contributed by atoms with Crippen LogP contribution in [-0.4, -0.2) is 41.8 Å². The van der Waals surface area contributed by atoms with E-state index in [0.717, 1.165) is 30.6 Å². The zero-order valence-electron chi connectivity index (χ0n) is 14.7. The fourth-order valence-electron chi connectivity index (χ4n) is 3.83. The number of nitrogens with one attached hydrogen (secondary N) is 1. The van der Waals surface area contributed by atoms with E-state index in [4.69, 9.17) is 4.74 Å². The van der Waals surface area contributed by atoms with Crippen LogP contribution >= 0.6 is 0 Å². The van der Waals surface area contributed by atoms with Crippen LogP contribution < -0.4 is 10.1 Å². The number of rotatable bonds is 5. The van der Waals surface area contributed by atoms with Gasteiger partial charge in [-0.3, -0.25) is 14.5 Å². The highest BCUT2D eigenvalue weighted by Gasteiger charge is 2.52. The standard InChI is InChI=1S/C19H24N2O4/c1-19(14-6-4-3-5-7-14)17(23)21(18(24)20-19)12-16(22)13-8-10-15(25-2)11-9-13/h8-11,14H,3-7,12H2,1-2H3,(H,20,24)/t19-/m1/s1. The molecular formula is C19H24N2O4. The van der Waals surface area contributed by atoms with Gasteiger partial charge >= 0.3 is 6.03 Å². The molecule has 1 aromatic rings. The van der Waals surface area contributed by atoms with Gasteiger partial charge in [0.1, 0.15) is 11.3 Å². The van der Waals surface area contributed by atoms with Crippen molar-refractivity contribution in [2.24, 2.45) is 5.92 Å². The van der Waals surface area contributed by atoms with E-state index in [1.165, 1.54) is 6.42 Å². The van der Waals surface area contributed by atoms with E-state index in [1.807, 2.05) is 0 Å². The fourth-order valence-corrected chi connectivity index (χ4v) is 3.83. The van der Waals surface area contributed by atoms with Crippen LogP contribution in [0, 0.1) is 5.92 Å². The second-order valence-corrected chi connectivity index (χ2v) is 7.01. The van der Waals surface area contributed by atoms with E-state index >= 15 is 0 Å². The van der Waals surface area contributed by atoms with Gasteiger partial charge in [0.25, 0.3) is 5.91 Å². The molecule has 1 saturated carbocycles. The number of Topliss-reactive ketones (excluding diaryl/α,β-unsaturated/α-hetero) is 1. The number of carbonyl (C=O) groups excluding carboxylic acids is 3. The minimum absolute atomic E-state index is 0.138. The topological polar surface area (TPSA) is 75.7 Å². The number of amides is 3. The van der Waals surface area contributed by atoms with Crippen molar-refractivity contribution in [3.8, 4) is 5.75 Å². The quantitative estimate of drug-likeness (QED) is 0.658. The van der Waals surface area contributed by atoms with E-state index < -0.39 is 11.6 Å². The molecule has 3 amide bonds. The number of benzene rings is 1. The van der Waals surface area contributed by atoms with Crippen molar-refractivity contribution in [2.45, 2.75) is 44.6 Å². The highest BCUT2D eigenvalue weighted by Crippen LogP contribution is 2.36. The van der Waals surface area contributed by atoms with Gasteiger partial charge in [0, 0.05) is 5.56 Å². The molecule has 1 saturated heterocycles. The van der Waals surface area contributed by atoms with Gasteiger partial charge in [-0.15, -0.1) is 0 Å². The molecule has 1 aromatic carbocycles. The molecule has 2 fully saturated rings. The summed E-state index contributed by atoms with van der Waals surface area (Å²) in [5.74, 6) is 0.237. The molecule has 25 heavy (non-hydrogen) atoms. The van der Waals surface area contributed by atoms with Crippen LogP contribution in [0.25, 0.3) is 0 Å². The Morgan fingerprint density at radius 1 is 1.20 bits per heavy atom. The van der Waals surface area contributed by atoms with Crippen molar-refractivity contribution in [1.82, 2.24) is 10.2 Å². The lowest BCUT2D eigenvalue weighted by Gasteiger charge is -2.34. The molecule has 2 aliphatic rings. The lowest BCUT2D eigenvalue weighted by atomic mass is 9.75. The summed E-state index contributed by atoms with van der Waals surface area (Å²) in [7, 11) is 1.55. The third kappa shape index (κ3) is 3.25. The first kappa shape index (κ1) is 17.5. The van der Waals surface area contributed by atoms with Crippen LogP contribution in [0.15, 0.2) is 24.3 Å². The summed E-state index contributed by atoms with van der Waals surface area (Å²) in [6.45, 7) is 1.56. The maximum absolute atomic E-state index is 12.9. The maximum Gasteiger partial charge on any atom is 0.325 e. The Morgan fingerprint density at radius 3 is 2.44 bits per heavy atom. The van der Waals surface area contributed by atoms with Crippen LogP contribution in [0.4, 0.5) is 4.79 Å². The second-order valence-electron chi connectivity index (χ2n) is 7.01. The summed E-state index contributed by atoms with van der Waals surface area (Å²) in [6, 6.07) is 6.18. The predicted molar refractivity (Wildman–Crippen MR) is 92.5 cm³/mol. The van der Waals surface area contributed by atoms with Crippen molar-refractivity contribution in [1.29, 1.82) is 0 Å². The zero-order valence-corrected chi connectivity index (χ0v) is 14.7. The monoisotopic (exact) mass is 344 g/mol. The van der Waals surface area contributed by atoms with Gasteiger partial charge in [0.2, 0.25) is 0 Å². The Balaban J connectivity index is 1.72. The molecule has 0 aromatic heterocycles. The average molecular weight is 344 g/mol. The van der Waals surface area contributed by atoms with Crippen molar-refractivity contribution >= 4 is 17.7 Å². The highest BCUT2D eigenvalue weighted by molar-refractivity contribution is 6.11. The number of methoxy groups -OCH3 is 1. The lowest BCUT2D eigenvalue weighted by Crippen LogP contribution is -2.51. The van der Waals surface area contributed by atoms with Gasteiger partial charge in [-0.2, -0.15) is 0 Å². The minimum Gasteiger partial charge on any atom is -0.497 e. The van der Waals surface area contributed by atoms with Crippen molar-refractivity contribution < 1.29 is 19.1 Å². The number of hydrogen-bond acceptors (Lipinski definition) is 4. The number of urea groups is 1. The fraction of sp³-hybridized carbons (Fsp3) is 0.526. The Kier molecular flexibility index (Phi) is 4.79. The Labute approximate surface area is 147 Å². The van der Waals surface area contributed by atoms with Gasteiger partial charge in [0.05, 0.1) is 13.7 Å². The first-order valence-electron chi connectivity index (χ1n) is 8.77. The summed E-state index contributed by atoms with van der Waals surface area (Å²) in [4.78, 5) is 38.7. The van der Waals surface area contributed by atoms with Crippen LogP contribution in [0.5, 0.6) is 5.75 Å². The molecule has 6 nitrogen and oxygen atoms in total. The van der Waals surface area contributed by atoms with Gasteiger partial charge < -0.3 is 10.1 Å². The molecule has 0 bridgehead atoms. The normalized spacial score (nSPS) is 24.3. The third-order valence-electron chi connectivity index (χ3n) is 5.44. The van der Waals surface area contributed by atoms with Gasteiger partial charge in [-0.1, -0.05) is 19.3 Å². The van der Waals surface area contributed by atoms with E-state index in [2.05, 4.69) is 5.32 Å². The molecule has 1 aliphatic heterocycles. The summed E-state index contributed by atoms with van der Waals surface area (Å²) < 4.78 is 5.07. The molecule has 1 atom stereocenters. The van der Waals surface area contributed by atoms with Crippen LogP contribution in [0.1, 0.15) is 49.4 Å². The van der Waals surface area contributed by atoms with Crippen molar-refractivity contribution in [3.63, 3.8) is 0 Å². The zero-order chi connectivity index (χ0) is 18.0. The molecular weight excluding hydrogens is 320 g/mol. The van der Waals surface area contributed by atoms with E-state index in [-0.39, 0.29) is 24.2 Å². The van der Waals surface area contributed by atoms with Gasteiger partial charge in [-0.25, -0.2) is 4.79 Å². The number of imide groups is 1. The number of hydrogen-bond donors (Lipinski definition) is 1. The van der Waals surface area contributed by atoms with Crippen molar-refractivity contribution in [2.75, 3.05) is 13.7 Å². The number of ether oxygens (including phenoxy) is 1. The molecule has 1 heterocycles. The first-order chi connectivity index (χ1) is 12.0. The minimum atomic E-state index is -0.891. The summed E-state index contributed by atoms with van der Waals surface area (Å²) in [5.41, 5.74) is -0.440. The van der Waals surface area contributed by atoms with Crippen LogP contribution in [-0.2, 0) is 4.79 Å². The van der Waals surface area contributed by atoms with Crippen molar-refractivity contribution in [3.05, 3.63) is 29.8 Å². The predicted octanol–water partition coefficient (Wildman–Crippen LogP) is 2.77. The third-order valence-corrected chi connectivity index (χ3v) is 5.44. The van der Waals surface area contributed by atoms with E-state index in [1.54, 1.807) is 38.3 Å². The largest absolute Gasteiger partial charge is 0.497 e. The smallest absolute Gasteiger partial charge is 0.325 e. The van der Waals surface area contributed by atoms with Gasteiger partial charge in [-0.05, 0) is 49.9 Å². The molecule has 3 rings (SSSR count). The highest BCUT2D eigenvalue weighted by atomic mass is 16.5. The first-order valence-corrected chi connectivity index (χ1v) is 8.77. The SMILES string of the molecule is COc1ccc(C(=O)CN2C(=O)N[C@](C)(C3CCCCC3)C2=O)cc1. The van der Waals surface area contributed by atoms with Crippen LogP contribution in [0.3, 0.4) is 0 Å². The molecule has 0 unspecified atom stereocenters. The molecule has 0 spiro atoms. The number of carbonyl (C=O) groups is 3. The molecule has 134 valence electrons. The number of nitrogens with zero attached hydrogens (tertiary/aromatic N) is 1. The maximum atomic E-state index is 12.9. The lowest BCUT2D eigenvalue weighted by molar-refractivity contribution is -0.132. The summed E-state index contributed by atoms with van der Waals surface area (Å²) >= 11 is 0. The second kappa shape index (κ2) is 6.86. The Morgan fingerprint density at radius 2 is 1.84 bits per heavy atom. The number of ketones is 1. The van der Waals surface area contributed by atoms with E-state index in [0.29, 0.717) is 11.3 Å². The van der Waals surface area contributed by atoms with E-state index in [9.17, 15) is 14.4 Å². The molecule has 0 radical (unpaired) electrons. The Bertz CT molecular complexity index is 679. The van der Waals surface area contributed by atoms with Crippen LogP contribution in [0.2, 0.25) is 0 Å².